The monoisotopic (exact) mass is 435 g/mol. The molecule has 0 spiro atoms. The molecular formula is C19H21N3O3S3. The summed E-state index contributed by atoms with van der Waals surface area (Å²) in [7, 11) is 1.39. The topological polar surface area (TPSA) is 87.2 Å². The number of carbonyl (C=O) groups excluding carboxylic acids is 2. The Hall–Kier alpha value is -2.10. The van der Waals surface area contributed by atoms with E-state index in [2.05, 4.69) is 15.4 Å². The standard InChI is InChI=1S/C19H21N3O3S3/c1-12-14(19(20)24)8-16(22(12)9-13-4-3-6-27-13)15-10-28-17(21-15)5-7-26-11-18(23)25-2/h3-4,6,8,10H,5,7,9,11H2,1-2H3,(H2,20,24). The zero-order valence-electron chi connectivity index (χ0n) is 15.6. The first-order valence-corrected chi connectivity index (χ1v) is 11.5. The number of methoxy groups -OCH3 is 1. The van der Waals surface area contributed by atoms with Crippen LogP contribution in [0, 0.1) is 6.92 Å². The Morgan fingerprint density at radius 3 is 2.86 bits per heavy atom. The van der Waals surface area contributed by atoms with E-state index in [0.717, 1.165) is 34.3 Å². The minimum absolute atomic E-state index is 0.217. The number of carbonyl (C=O) groups is 2. The molecule has 2 N–H and O–H groups in total. The van der Waals surface area contributed by atoms with Gasteiger partial charge >= 0.3 is 5.97 Å². The van der Waals surface area contributed by atoms with Crippen LogP contribution in [0.5, 0.6) is 0 Å². The summed E-state index contributed by atoms with van der Waals surface area (Å²) in [5.74, 6) is 0.493. The Balaban J connectivity index is 1.79. The highest BCUT2D eigenvalue weighted by Crippen LogP contribution is 2.29. The van der Waals surface area contributed by atoms with Crippen molar-refractivity contribution < 1.29 is 14.3 Å². The lowest BCUT2D eigenvalue weighted by molar-refractivity contribution is -0.137. The second-order valence-corrected chi connectivity index (χ2v) is 9.14. The molecule has 0 saturated heterocycles. The van der Waals surface area contributed by atoms with E-state index in [9.17, 15) is 9.59 Å². The Kier molecular flexibility index (Phi) is 6.93. The molecule has 3 heterocycles. The fourth-order valence-electron chi connectivity index (χ4n) is 2.79. The molecule has 3 aromatic rings. The molecule has 1 amide bonds. The van der Waals surface area contributed by atoms with Gasteiger partial charge in [-0.3, -0.25) is 9.59 Å². The van der Waals surface area contributed by atoms with Crippen LogP contribution in [0.4, 0.5) is 0 Å². The molecule has 3 rings (SSSR count). The van der Waals surface area contributed by atoms with Crippen molar-refractivity contribution in [3.63, 3.8) is 0 Å². The van der Waals surface area contributed by atoms with Gasteiger partial charge in [0.15, 0.2) is 0 Å². The van der Waals surface area contributed by atoms with Gasteiger partial charge in [-0.1, -0.05) is 6.07 Å². The van der Waals surface area contributed by atoms with E-state index < -0.39 is 5.91 Å². The van der Waals surface area contributed by atoms with Crippen LogP contribution in [0.3, 0.4) is 0 Å². The number of thiazole rings is 1. The molecule has 0 atom stereocenters. The second-order valence-electron chi connectivity index (χ2n) is 6.06. The summed E-state index contributed by atoms with van der Waals surface area (Å²) in [5, 5.41) is 5.04. The first kappa shape index (κ1) is 20.6. The summed E-state index contributed by atoms with van der Waals surface area (Å²) in [6, 6.07) is 5.92. The number of nitrogens with two attached hydrogens (primary N) is 1. The van der Waals surface area contributed by atoms with Crippen molar-refractivity contribution in [1.82, 2.24) is 9.55 Å². The van der Waals surface area contributed by atoms with Crippen LogP contribution < -0.4 is 5.73 Å². The van der Waals surface area contributed by atoms with Crippen molar-refractivity contribution >= 4 is 46.3 Å². The van der Waals surface area contributed by atoms with Crippen LogP contribution in [-0.4, -0.2) is 40.0 Å². The maximum Gasteiger partial charge on any atom is 0.315 e. The summed E-state index contributed by atoms with van der Waals surface area (Å²) < 4.78 is 6.73. The number of primary amides is 1. The summed E-state index contributed by atoms with van der Waals surface area (Å²) >= 11 is 4.79. The molecule has 0 aliphatic carbocycles. The number of esters is 1. The number of amides is 1. The number of hydrogen-bond acceptors (Lipinski definition) is 7. The van der Waals surface area contributed by atoms with Crippen LogP contribution in [0.25, 0.3) is 11.4 Å². The summed E-state index contributed by atoms with van der Waals surface area (Å²) in [6.07, 6.45) is 0.777. The molecule has 0 saturated carbocycles. The number of thioether (sulfide) groups is 1. The first-order chi connectivity index (χ1) is 13.5. The molecule has 0 fully saturated rings. The summed E-state index contributed by atoms with van der Waals surface area (Å²) in [6.45, 7) is 2.59. The number of aromatic nitrogens is 2. The number of nitrogens with zero attached hydrogens (tertiary/aromatic N) is 2. The van der Waals surface area contributed by atoms with Gasteiger partial charge in [-0.2, -0.15) is 0 Å². The smallest absolute Gasteiger partial charge is 0.315 e. The molecule has 3 aromatic heterocycles. The zero-order valence-corrected chi connectivity index (χ0v) is 18.1. The largest absolute Gasteiger partial charge is 0.468 e. The van der Waals surface area contributed by atoms with Gasteiger partial charge < -0.3 is 15.0 Å². The number of ether oxygens (including phenoxy) is 1. The number of thiophene rings is 1. The Labute approximate surface area is 175 Å². The minimum Gasteiger partial charge on any atom is -0.468 e. The summed E-state index contributed by atoms with van der Waals surface area (Å²) in [5.41, 5.74) is 8.66. The highest BCUT2D eigenvalue weighted by Gasteiger charge is 2.19. The molecule has 9 heteroatoms. The molecule has 148 valence electrons. The molecule has 0 aliphatic rings. The van der Waals surface area contributed by atoms with E-state index in [0.29, 0.717) is 17.9 Å². The van der Waals surface area contributed by atoms with Crippen molar-refractivity contribution in [3.8, 4) is 11.4 Å². The average Bonchev–Trinajstić information content (AvgIpc) is 3.41. The molecule has 6 nitrogen and oxygen atoms in total. The van der Waals surface area contributed by atoms with Crippen molar-refractivity contribution in [2.75, 3.05) is 18.6 Å². The first-order valence-electron chi connectivity index (χ1n) is 8.61. The lowest BCUT2D eigenvalue weighted by Gasteiger charge is -2.09. The van der Waals surface area contributed by atoms with Crippen LogP contribution >= 0.6 is 34.4 Å². The molecule has 0 aliphatic heterocycles. The maximum atomic E-state index is 11.8. The van der Waals surface area contributed by atoms with Gasteiger partial charge in [0.25, 0.3) is 5.91 Å². The van der Waals surface area contributed by atoms with Gasteiger partial charge in [0, 0.05) is 28.1 Å². The van der Waals surface area contributed by atoms with Crippen molar-refractivity contribution in [3.05, 3.63) is 50.1 Å². The molecular weight excluding hydrogens is 414 g/mol. The van der Waals surface area contributed by atoms with E-state index in [1.807, 2.05) is 29.8 Å². The van der Waals surface area contributed by atoms with Crippen LogP contribution in [-0.2, 0) is 22.5 Å². The van der Waals surface area contributed by atoms with Gasteiger partial charge in [-0.15, -0.1) is 34.4 Å². The van der Waals surface area contributed by atoms with Gasteiger partial charge in [0.05, 0.1) is 41.4 Å². The number of aryl methyl sites for hydroxylation is 1. The Morgan fingerprint density at radius 2 is 2.18 bits per heavy atom. The van der Waals surface area contributed by atoms with E-state index in [4.69, 9.17) is 10.7 Å². The van der Waals surface area contributed by atoms with E-state index >= 15 is 0 Å². The Morgan fingerprint density at radius 1 is 1.36 bits per heavy atom. The van der Waals surface area contributed by atoms with Crippen molar-refractivity contribution in [2.45, 2.75) is 19.9 Å². The van der Waals surface area contributed by atoms with Crippen molar-refractivity contribution in [2.24, 2.45) is 5.73 Å². The third-order valence-corrected chi connectivity index (χ3v) is 6.95. The van der Waals surface area contributed by atoms with Crippen LogP contribution in [0.15, 0.2) is 29.0 Å². The highest BCUT2D eigenvalue weighted by molar-refractivity contribution is 7.99. The van der Waals surface area contributed by atoms with E-state index in [1.54, 1.807) is 22.7 Å². The Bertz CT molecular complexity index is 961. The fourth-order valence-corrected chi connectivity index (χ4v) is 5.17. The number of rotatable bonds is 9. The van der Waals surface area contributed by atoms with E-state index in [1.165, 1.54) is 23.7 Å². The minimum atomic E-state index is -0.432. The SMILES string of the molecule is COC(=O)CSCCc1nc(-c2cc(C(N)=O)c(C)n2Cc2cccs2)cs1. The lowest BCUT2D eigenvalue weighted by Crippen LogP contribution is -2.12. The summed E-state index contributed by atoms with van der Waals surface area (Å²) in [4.78, 5) is 28.9. The van der Waals surface area contributed by atoms with Gasteiger partial charge in [-0.25, -0.2) is 4.98 Å². The second kappa shape index (κ2) is 9.40. The fraction of sp³-hybridized carbons (Fsp3) is 0.316. The average molecular weight is 436 g/mol. The third-order valence-electron chi connectivity index (χ3n) is 4.25. The zero-order chi connectivity index (χ0) is 20.1. The van der Waals surface area contributed by atoms with Crippen LogP contribution in [0.1, 0.15) is 25.9 Å². The lowest BCUT2D eigenvalue weighted by atomic mass is 10.2. The van der Waals surface area contributed by atoms with E-state index in [-0.39, 0.29) is 5.97 Å². The molecule has 28 heavy (non-hydrogen) atoms. The van der Waals surface area contributed by atoms with Gasteiger partial charge in [0.1, 0.15) is 0 Å². The third kappa shape index (κ3) is 4.84. The predicted octanol–water partition coefficient (Wildman–Crippen LogP) is 3.58. The number of hydrogen-bond donors (Lipinski definition) is 1. The van der Waals surface area contributed by atoms with Gasteiger partial charge in [-0.05, 0) is 24.4 Å². The maximum absolute atomic E-state index is 11.8. The van der Waals surface area contributed by atoms with Gasteiger partial charge in [0.2, 0.25) is 0 Å². The molecule has 0 radical (unpaired) electrons. The molecule has 0 aromatic carbocycles. The van der Waals surface area contributed by atoms with Crippen LogP contribution in [0.2, 0.25) is 0 Å². The quantitative estimate of drug-likeness (QED) is 0.410. The molecule has 0 unspecified atom stereocenters. The molecule has 0 bridgehead atoms. The van der Waals surface area contributed by atoms with Crippen molar-refractivity contribution in [1.29, 1.82) is 0 Å². The normalized spacial score (nSPS) is 10.9. The highest BCUT2D eigenvalue weighted by atomic mass is 32.2. The predicted molar refractivity (Wildman–Crippen MR) is 115 cm³/mol.